The number of nitrogens with zero attached hydrogens (tertiary/aromatic N) is 1. The molecule has 2 bridgehead atoms. The number of esters is 1. The second-order valence-corrected chi connectivity index (χ2v) is 21.2. The number of hydrogen-bond acceptors (Lipinski definition) is 15. The van der Waals surface area contributed by atoms with E-state index >= 15 is 0 Å². The number of carbonyl (C=O) groups excluding carboxylic acids is 4. The third-order valence-corrected chi connectivity index (χ3v) is 15.6. The number of carbonyl (C=O) groups is 4. The topological polar surface area (TPSA) is 206 Å². The summed E-state index contributed by atoms with van der Waals surface area (Å²) in [5, 5.41) is 34.7. The number of hydrogen-bond donors (Lipinski definition) is 3. The molecule has 3 heterocycles. The largest absolute Gasteiger partial charge is 0.460 e. The highest BCUT2D eigenvalue weighted by Crippen LogP contribution is 2.38. The fraction of sp³-hybridized carbons (Fsp3) is 0.786. The van der Waals surface area contributed by atoms with E-state index in [1.54, 1.807) is 21.1 Å². The van der Waals surface area contributed by atoms with E-state index in [4.69, 9.17) is 37.9 Å². The Bertz CT molecular complexity index is 1830. The van der Waals surface area contributed by atoms with Crippen molar-refractivity contribution in [3.63, 3.8) is 0 Å². The Balaban J connectivity index is 1.72. The van der Waals surface area contributed by atoms with Crippen LogP contribution in [-0.4, -0.2) is 166 Å². The van der Waals surface area contributed by atoms with Gasteiger partial charge in [0.05, 0.1) is 56.9 Å². The van der Waals surface area contributed by atoms with E-state index in [0.29, 0.717) is 76.8 Å². The molecule has 2 saturated heterocycles. The van der Waals surface area contributed by atoms with Crippen molar-refractivity contribution in [2.75, 3.05) is 61.4 Å². The molecule has 3 N–H and O–H groups in total. The lowest BCUT2D eigenvalue weighted by molar-refractivity contribution is -0.266. The van der Waals surface area contributed by atoms with Gasteiger partial charge in [0.1, 0.15) is 24.4 Å². The fourth-order valence-corrected chi connectivity index (χ4v) is 11.0. The lowest BCUT2D eigenvalue weighted by Crippen LogP contribution is -2.61. The minimum Gasteiger partial charge on any atom is -0.460 e. The zero-order valence-electron chi connectivity index (χ0n) is 45.3. The van der Waals surface area contributed by atoms with Crippen molar-refractivity contribution in [3.8, 4) is 0 Å². The molecule has 72 heavy (non-hydrogen) atoms. The van der Waals surface area contributed by atoms with Gasteiger partial charge in [-0.05, 0) is 107 Å². The first-order valence-corrected chi connectivity index (χ1v) is 26.6. The molecule has 3 fully saturated rings. The highest BCUT2D eigenvalue weighted by atomic mass is 16.6. The highest BCUT2D eigenvalue weighted by molar-refractivity contribution is 6.39. The maximum atomic E-state index is 14.6. The summed E-state index contributed by atoms with van der Waals surface area (Å²) in [5.74, 6) is -7.03. The standard InChI is InChI=1S/C56H91NO15/c1-35-17-13-12-14-18-36(2)47(70-28-27-69-26-25-65-8)33-43-22-20-41(7)56(64,72-43)53(61)54(62)57-24-16-15-19-44(57)55(63)71-48(38(4)31-42-21-23-45(58)49(32-42)66-9)34-46(59)37(3)30-40(6)51(67-10)52(68-11)50(60)39(5)29-35/h12-14,17-18,30,35,37-39,41-49,51-52,58-59,64H,15-16,19-29,31-34H2,1-11H3/b14-12+,17-13+,36-18+,40-30+/t35-,37-,38-,39-,41-,42+,43+,44+,45-,46?,47?,48+,49-,51-,52+,56-/m1/s1. The number of ether oxygens (including phenoxy) is 8. The van der Waals surface area contributed by atoms with E-state index in [9.17, 15) is 34.5 Å². The molecule has 4 rings (SSSR count). The van der Waals surface area contributed by atoms with Gasteiger partial charge in [-0.25, -0.2) is 4.79 Å². The van der Waals surface area contributed by atoms with Gasteiger partial charge < -0.3 is 58.1 Å². The number of aliphatic hydroxyl groups is 3. The van der Waals surface area contributed by atoms with E-state index in [0.717, 1.165) is 12.0 Å². The van der Waals surface area contributed by atoms with Crippen molar-refractivity contribution in [3.05, 3.63) is 47.6 Å². The second-order valence-electron chi connectivity index (χ2n) is 21.2. The number of cyclic esters (lactones) is 1. The van der Waals surface area contributed by atoms with Gasteiger partial charge in [0.2, 0.25) is 5.79 Å². The lowest BCUT2D eigenvalue weighted by atomic mass is 9.78. The van der Waals surface area contributed by atoms with Gasteiger partial charge in [-0.15, -0.1) is 0 Å². The molecule has 1 amide bonds. The number of aliphatic hydroxyl groups excluding tert-OH is 2. The summed E-state index contributed by atoms with van der Waals surface area (Å²) in [6, 6.07) is -1.12. The summed E-state index contributed by atoms with van der Waals surface area (Å²) in [6.45, 7) is 14.8. The van der Waals surface area contributed by atoms with Gasteiger partial charge in [-0.3, -0.25) is 14.4 Å². The number of fused-ring (bicyclic) bond motifs is 3. The average molecular weight is 1020 g/mol. The molecule has 0 aromatic carbocycles. The number of piperidine rings is 1. The Labute approximate surface area is 430 Å². The number of allylic oxidation sites excluding steroid dienone is 5. The van der Waals surface area contributed by atoms with Crippen molar-refractivity contribution < 1.29 is 72.4 Å². The molecule has 0 aromatic heterocycles. The second kappa shape index (κ2) is 30.4. The van der Waals surface area contributed by atoms with Crippen molar-refractivity contribution in [2.45, 2.75) is 186 Å². The molecular weight excluding hydrogens is 927 g/mol. The average Bonchev–Trinajstić information content (AvgIpc) is 3.36. The zero-order valence-corrected chi connectivity index (χ0v) is 45.3. The van der Waals surface area contributed by atoms with E-state index in [1.807, 2.05) is 71.1 Å². The molecule has 4 aliphatic rings. The Hall–Kier alpha value is -3.16. The van der Waals surface area contributed by atoms with Crippen molar-refractivity contribution in [2.24, 2.45) is 35.5 Å². The fourth-order valence-electron chi connectivity index (χ4n) is 11.0. The first-order chi connectivity index (χ1) is 34.3. The Morgan fingerprint density at radius 2 is 1.50 bits per heavy atom. The van der Waals surface area contributed by atoms with Gasteiger partial charge in [-0.2, -0.15) is 0 Å². The van der Waals surface area contributed by atoms with Crippen LogP contribution in [0.1, 0.15) is 126 Å². The Kier molecular flexibility index (Phi) is 25.9. The van der Waals surface area contributed by atoms with Crippen LogP contribution in [0.5, 0.6) is 0 Å². The van der Waals surface area contributed by atoms with Gasteiger partial charge in [-0.1, -0.05) is 71.1 Å². The number of methoxy groups -OCH3 is 4. The van der Waals surface area contributed by atoms with Gasteiger partial charge >= 0.3 is 5.97 Å². The van der Waals surface area contributed by atoms with Crippen LogP contribution >= 0.6 is 0 Å². The molecular formula is C56H91NO15. The van der Waals surface area contributed by atoms with Crippen molar-refractivity contribution in [1.29, 1.82) is 0 Å². The molecule has 0 spiro atoms. The van der Waals surface area contributed by atoms with Crippen LogP contribution in [0.15, 0.2) is 47.6 Å². The van der Waals surface area contributed by atoms with Gasteiger partial charge in [0.15, 0.2) is 5.78 Å². The van der Waals surface area contributed by atoms with Crippen LogP contribution in [-0.2, 0) is 57.1 Å². The minimum atomic E-state index is -2.45. The third-order valence-electron chi connectivity index (χ3n) is 15.6. The molecule has 2 unspecified atom stereocenters. The summed E-state index contributed by atoms with van der Waals surface area (Å²) in [5.41, 5.74) is 1.56. The number of Topliss-reactive ketones (excluding diaryl/α,β-unsaturated/α-hetero) is 2. The van der Waals surface area contributed by atoms with Crippen LogP contribution in [0.25, 0.3) is 0 Å². The van der Waals surface area contributed by atoms with Crippen LogP contribution in [0.2, 0.25) is 0 Å². The van der Waals surface area contributed by atoms with E-state index in [2.05, 4.69) is 6.92 Å². The molecule has 3 aliphatic heterocycles. The van der Waals surface area contributed by atoms with Gasteiger partial charge in [0, 0.05) is 65.6 Å². The van der Waals surface area contributed by atoms with Crippen LogP contribution < -0.4 is 0 Å². The molecule has 1 aliphatic carbocycles. The van der Waals surface area contributed by atoms with Crippen molar-refractivity contribution in [1.82, 2.24) is 4.90 Å². The van der Waals surface area contributed by atoms with Crippen LogP contribution in [0, 0.1) is 35.5 Å². The summed E-state index contributed by atoms with van der Waals surface area (Å²) in [7, 11) is 6.21. The number of amides is 1. The first-order valence-electron chi connectivity index (χ1n) is 26.6. The molecule has 16 nitrogen and oxygen atoms in total. The van der Waals surface area contributed by atoms with Crippen molar-refractivity contribution >= 4 is 23.4 Å². The Morgan fingerprint density at radius 1 is 0.778 bits per heavy atom. The molecule has 16 heteroatoms. The monoisotopic (exact) mass is 1020 g/mol. The maximum absolute atomic E-state index is 14.6. The third kappa shape index (κ3) is 17.5. The van der Waals surface area contributed by atoms with Gasteiger partial charge in [0.25, 0.3) is 11.7 Å². The SMILES string of the molecule is COCCOCCOC1C[C@@H]2CC[C@@H](C)[C@@](O)(O2)C(=O)C(=O)N2CCCC[C@H]2C(=O)O[C@H]([C@H](C)C[C@@H]2CC[C@@H](O)[C@H](OC)C2)CC(O)[C@H](C)/C=C(\C)[C@@H](OC)[C@@H](OC)C(=O)[C@H](C)C[C@H](C)/C=C/C=C/C=C/1C. The molecule has 410 valence electrons. The first kappa shape index (κ1) is 61.4. The summed E-state index contributed by atoms with van der Waals surface area (Å²) in [6.07, 6.45) is 11.8. The quantitative estimate of drug-likeness (QED) is 0.0764. The van der Waals surface area contributed by atoms with Crippen LogP contribution in [0.4, 0.5) is 0 Å². The molecule has 16 atom stereocenters. The molecule has 1 saturated carbocycles. The van der Waals surface area contributed by atoms with E-state index in [1.165, 1.54) is 19.1 Å². The summed E-state index contributed by atoms with van der Waals surface area (Å²) < 4.78 is 47.2. The smallest absolute Gasteiger partial charge is 0.329 e. The zero-order chi connectivity index (χ0) is 53.1. The van der Waals surface area contributed by atoms with E-state index in [-0.39, 0.29) is 68.0 Å². The van der Waals surface area contributed by atoms with Crippen LogP contribution in [0.3, 0.4) is 0 Å². The number of rotatable bonds is 13. The number of ketones is 2. The lowest BCUT2D eigenvalue weighted by Gasteiger charge is -2.43. The predicted octanol–water partition coefficient (Wildman–Crippen LogP) is 6.66. The summed E-state index contributed by atoms with van der Waals surface area (Å²) in [4.78, 5) is 58.7. The highest BCUT2D eigenvalue weighted by Gasteiger charge is 2.53. The normalized spacial score (nSPS) is 38.7. The summed E-state index contributed by atoms with van der Waals surface area (Å²) >= 11 is 0. The predicted molar refractivity (Wildman–Crippen MR) is 273 cm³/mol. The Morgan fingerprint density at radius 3 is 2.19 bits per heavy atom. The molecule has 0 radical (unpaired) electrons. The minimum absolute atomic E-state index is 0.0460. The van der Waals surface area contributed by atoms with E-state index < -0.39 is 84.1 Å². The maximum Gasteiger partial charge on any atom is 0.329 e. The molecule has 0 aromatic rings.